The molecule has 1 aromatic heterocycles. The summed E-state index contributed by atoms with van der Waals surface area (Å²) in [7, 11) is 0. The second kappa shape index (κ2) is 14.9. The minimum atomic E-state index is -1.79. The van der Waals surface area contributed by atoms with E-state index in [0.29, 0.717) is 54.8 Å². The SMILES string of the molecule is CC(C)(O/N=C(\C(=O)N[C@@H]1C(=O)N2C(C(=O)O)=C(C[N+]3(Cc4cn(C5CC5)c5cc(O)c(O)cc5c4=O)CCCC3)CS[C@H]12)C1=C(Cl)SC(N)=C[I-]1)C(=O)O. The number of phenolic OH excluding ortho intramolecular Hbond substituents is 2. The van der Waals surface area contributed by atoms with Crippen LogP contribution in [0.25, 0.3) is 10.9 Å². The van der Waals surface area contributed by atoms with Crippen molar-refractivity contribution in [1.82, 2.24) is 14.8 Å². The van der Waals surface area contributed by atoms with E-state index in [1.54, 1.807) is 4.08 Å². The number of carboxylic acids is 2. The molecule has 7 N–H and O–H groups in total. The van der Waals surface area contributed by atoms with Crippen molar-refractivity contribution in [3.8, 4) is 11.5 Å². The molecule has 2 saturated heterocycles. The number of nitrogens with one attached hydrogen (secondary N) is 1. The summed E-state index contributed by atoms with van der Waals surface area (Å²) >= 11 is 7.68. The van der Waals surface area contributed by atoms with Gasteiger partial charge in [0.1, 0.15) is 0 Å². The number of pyridine rings is 1. The molecule has 2 amide bonds. The summed E-state index contributed by atoms with van der Waals surface area (Å²) in [6.07, 6.45) is 5.39. The van der Waals surface area contributed by atoms with Crippen LogP contribution >= 0.6 is 35.1 Å². The van der Waals surface area contributed by atoms with Crippen molar-refractivity contribution in [3.05, 3.63) is 62.4 Å². The van der Waals surface area contributed by atoms with Crippen molar-refractivity contribution in [2.24, 2.45) is 10.9 Å². The summed E-state index contributed by atoms with van der Waals surface area (Å²) < 4.78 is 4.58. The van der Waals surface area contributed by atoms with Gasteiger partial charge in [-0.3, -0.25) is 4.79 Å². The van der Waals surface area contributed by atoms with E-state index in [4.69, 9.17) is 22.2 Å². The van der Waals surface area contributed by atoms with Crippen LogP contribution in [0.2, 0.25) is 0 Å². The number of carbonyl (C=O) groups is 4. The molecular formula is C35H38ClIN6O10S2. The summed E-state index contributed by atoms with van der Waals surface area (Å²) in [5.74, 6) is -4.54. The molecule has 20 heteroatoms. The molecular weight excluding hydrogens is 891 g/mol. The van der Waals surface area contributed by atoms with Gasteiger partial charge in [-0.25, -0.2) is 0 Å². The number of rotatable bonds is 12. The van der Waals surface area contributed by atoms with Crippen molar-refractivity contribution in [2.75, 3.05) is 25.4 Å². The molecule has 1 aliphatic carbocycles. The van der Waals surface area contributed by atoms with Crippen LogP contribution in [0, 0.1) is 0 Å². The number of likely N-dealkylation sites (tertiary alicyclic amines) is 1. The first kappa shape index (κ1) is 39.3. The number of halogens is 2. The van der Waals surface area contributed by atoms with Crippen molar-refractivity contribution < 1.29 is 70.1 Å². The molecule has 4 aliphatic heterocycles. The number of nitrogens with two attached hydrogens (primary N) is 1. The second-order valence-corrected chi connectivity index (χ2v) is 19.7. The molecule has 2 atom stereocenters. The molecule has 7 rings (SSSR count). The Labute approximate surface area is 337 Å². The number of oxime groups is 1. The topological polar surface area (TPSA) is 234 Å². The molecule has 5 heterocycles. The van der Waals surface area contributed by atoms with Gasteiger partial charge in [-0.15, -0.1) is 0 Å². The van der Waals surface area contributed by atoms with Gasteiger partial charge >= 0.3 is 237 Å². The van der Waals surface area contributed by atoms with Gasteiger partial charge < -0.3 is 14.8 Å². The number of thioether (sulfide) groups is 2. The first-order chi connectivity index (χ1) is 26.0. The molecule has 5 aliphatic rings. The standard InChI is InChI=1S/C35H38ClIN6O10S2/c1-35(2,34(51)52)53-40-25(24-29(36)55-23(38)11-37-24)30(47)39-26-31(48)42-27(33(49)50)17(15-54-32(26)42)14-43(7-3-4-8-43)13-16-12-41(18-5-6-18)20-10-22(45)21(44)9-19(20)28(16)46/h9-12,18,26,32,44-45H,3-8,13-15,38H2,1-2H3,(H,39,47)(H,49,50)(H,51,52)/b40-25-/t26-,32-/m1/s1. The van der Waals surface area contributed by atoms with Crippen molar-refractivity contribution >= 4 is 75.5 Å². The van der Waals surface area contributed by atoms with Gasteiger partial charge in [0.15, 0.2) is 16.9 Å². The van der Waals surface area contributed by atoms with Gasteiger partial charge in [-0.05, 0) is 18.9 Å². The zero-order valence-electron chi connectivity index (χ0n) is 29.6. The van der Waals surface area contributed by atoms with Gasteiger partial charge in [0.2, 0.25) is 0 Å². The Hall–Kier alpha value is -3.92. The third kappa shape index (κ3) is 7.52. The van der Waals surface area contributed by atoms with Crippen LogP contribution in [0.4, 0.5) is 0 Å². The van der Waals surface area contributed by atoms with E-state index in [2.05, 4.69) is 10.5 Å². The Morgan fingerprint density at radius 3 is 2.45 bits per heavy atom. The molecule has 16 nitrogen and oxygen atoms in total. The number of phenols is 2. The number of β-lactam (4-membered cyclic amide) rings is 1. The summed E-state index contributed by atoms with van der Waals surface area (Å²) in [5, 5.41) is 47.0. The van der Waals surface area contributed by atoms with Crippen LogP contribution in [0.15, 0.2) is 56.6 Å². The van der Waals surface area contributed by atoms with Gasteiger partial charge in [0.05, 0.1) is 16.5 Å². The summed E-state index contributed by atoms with van der Waals surface area (Å²) in [6, 6.07) is 1.75. The van der Waals surface area contributed by atoms with Gasteiger partial charge in [-0.1, -0.05) is 0 Å². The molecule has 0 unspecified atom stereocenters. The van der Waals surface area contributed by atoms with Gasteiger partial charge in [0, 0.05) is 31.1 Å². The van der Waals surface area contributed by atoms with Crippen LogP contribution in [0.5, 0.6) is 11.5 Å². The zero-order chi connectivity index (χ0) is 39.6. The molecule has 3 fully saturated rings. The number of fused-ring (bicyclic) bond motifs is 2. The maximum absolute atomic E-state index is 13.9. The number of carbonyl (C=O) groups excluding carboxylic acids is 2. The number of aromatic hydroxyl groups is 2. The predicted octanol–water partition coefficient (Wildman–Crippen LogP) is -0.166. The van der Waals surface area contributed by atoms with E-state index in [-0.39, 0.29) is 51.0 Å². The summed E-state index contributed by atoms with van der Waals surface area (Å²) in [5.41, 5.74) is 4.99. The number of hydrogen-bond donors (Lipinski definition) is 6. The van der Waals surface area contributed by atoms with Crippen LogP contribution in [0.1, 0.15) is 51.1 Å². The molecule has 0 spiro atoms. The number of nitrogens with zero attached hydrogens (tertiary/aromatic N) is 4. The number of amides is 2. The third-order valence-corrected chi connectivity index (χ3v) is 16.4. The Balaban J connectivity index is 1.15. The van der Waals surface area contributed by atoms with E-state index in [1.165, 1.54) is 42.6 Å². The Bertz CT molecular complexity index is 2230. The summed E-state index contributed by atoms with van der Waals surface area (Å²) in [6.45, 7) is 4.47. The Kier molecular flexibility index (Phi) is 10.6. The number of carboxylic acid groups (broad SMARTS) is 2. The van der Waals surface area contributed by atoms with Crippen molar-refractivity contribution in [1.29, 1.82) is 0 Å². The van der Waals surface area contributed by atoms with Crippen LogP contribution in [0.3, 0.4) is 0 Å². The van der Waals surface area contributed by atoms with Crippen LogP contribution in [-0.4, -0.2) is 106 Å². The number of aromatic nitrogens is 1. The fourth-order valence-corrected chi connectivity index (χ4v) is 12.4. The molecule has 1 saturated carbocycles. The maximum atomic E-state index is 13.9. The van der Waals surface area contributed by atoms with E-state index in [9.17, 15) is 44.4 Å². The molecule has 1 aromatic carbocycles. The molecule has 55 heavy (non-hydrogen) atoms. The quantitative estimate of drug-likeness (QED) is 0.0406. The predicted molar refractivity (Wildman–Crippen MR) is 200 cm³/mol. The molecule has 0 bridgehead atoms. The molecule has 2 aromatic rings. The Morgan fingerprint density at radius 1 is 1.13 bits per heavy atom. The second-order valence-electron chi connectivity index (χ2n) is 14.6. The van der Waals surface area contributed by atoms with E-state index in [1.807, 2.05) is 10.8 Å². The van der Waals surface area contributed by atoms with Crippen LogP contribution < -0.4 is 37.7 Å². The summed E-state index contributed by atoms with van der Waals surface area (Å²) in [4.78, 5) is 72.4. The van der Waals surface area contributed by atoms with Gasteiger partial charge in [-0.2, -0.15) is 0 Å². The average Bonchev–Trinajstić information content (AvgIpc) is 3.87. The van der Waals surface area contributed by atoms with Crippen molar-refractivity contribution in [3.63, 3.8) is 0 Å². The number of quaternary nitrogens is 1. The monoisotopic (exact) mass is 928 g/mol. The fraction of sp³-hybridized carbons (Fsp3) is 0.429. The van der Waals surface area contributed by atoms with Crippen LogP contribution in [-0.2, 0) is 30.6 Å². The minimum absolute atomic E-state index is 0.153. The average molecular weight is 929 g/mol. The normalized spacial score (nSPS) is 22.8. The first-order valence-corrected chi connectivity index (χ1v) is 21.9. The molecule has 294 valence electrons. The number of hydrogen-bond acceptors (Lipinski definition) is 12. The van der Waals surface area contributed by atoms with E-state index >= 15 is 0 Å². The van der Waals surface area contributed by atoms with Gasteiger partial charge in [0.25, 0.3) is 0 Å². The number of aliphatic carboxylic acids is 2. The van der Waals surface area contributed by atoms with E-state index < -0.39 is 62.0 Å². The van der Waals surface area contributed by atoms with E-state index in [0.717, 1.165) is 37.4 Å². The fourth-order valence-electron chi connectivity index (χ4n) is 7.20. The Morgan fingerprint density at radius 2 is 1.82 bits per heavy atom. The number of benzene rings is 1. The molecule has 0 radical (unpaired) electrons. The third-order valence-electron chi connectivity index (χ3n) is 10.2. The van der Waals surface area contributed by atoms with Crippen molar-refractivity contribution in [2.45, 2.75) is 69.1 Å². The zero-order valence-corrected chi connectivity index (χ0v) is 34.1. The first-order valence-electron chi connectivity index (χ1n) is 17.3.